The number of fused-ring (bicyclic) bond motifs is 3. The van der Waals surface area contributed by atoms with Crippen molar-refractivity contribution in [3.63, 3.8) is 0 Å². The van der Waals surface area contributed by atoms with Gasteiger partial charge in [-0.2, -0.15) is 5.10 Å². The number of rotatable bonds is 7. The highest BCUT2D eigenvalue weighted by Gasteiger charge is 2.52. The highest BCUT2D eigenvalue weighted by Crippen LogP contribution is 2.41. The molecule has 1 aromatic rings. The van der Waals surface area contributed by atoms with E-state index < -0.39 is 0 Å². The third-order valence-corrected chi connectivity index (χ3v) is 8.05. The fourth-order valence-corrected chi connectivity index (χ4v) is 6.28. The molecule has 36 heavy (non-hydrogen) atoms. The van der Waals surface area contributed by atoms with Gasteiger partial charge < -0.3 is 20.4 Å². The van der Waals surface area contributed by atoms with Crippen LogP contribution in [0.4, 0.5) is 5.69 Å². The van der Waals surface area contributed by atoms with Gasteiger partial charge in [0.15, 0.2) is 11.5 Å². The minimum absolute atomic E-state index is 0.0505. The zero-order valence-corrected chi connectivity index (χ0v) is 22.7. The van der Waals surface area contributed by atoms with Gasteiger partial charge >= 0.3 is 0 Å². The lowest BCUT2D eigenvalue weighted by Crippen LogP contribution is -2.68. The number of carbonyl (C=O) groups excluding carboxylic acids is 3. The van der Waals surface area contributed by atoms with Crippen molar-refractivity contribution in [3.8, 4) is 0 Å². The topological polar surface area (TPSA) is 106 Å². The number of amidine groups is 1. The molecule has 0 spiro atoms. The summed E-state index contributed by atoms with van der Waals surface area (Å²) in [4.78, 5) is 43.0. The predicted octanol–water partition coefficient (Wildman–Crippen LogP) is 3.00. The molecule has 10 heteroatoms. The number of benzene rings is 1. The van der Waals surface area contributed by atoms with Gasteiger partial charge in [-0.1, -0.05) is 36.4 Å². The van der Waals surface area contributed by atoms with E-state index in [1.807, 2.05) is 50.8 Å². The zero-order valence-electron chi connectivity index (χ0n) is 21.8. The molecule has 9 nitrogen and oxygen atoms in total. The van der Waals surface area contributed by atoms with Crippen LogP contribution in [-0.4, -0.2) is 63.4 Å². The number of hydrazone groups is 1. The quantitative estimate of drug-likeness (QED) is 0.517. The van der Waals surface area contributed by atoms with Gasteiger partial charge in [-0.3, -0.25) is 19.8 Å². The molecule has 1 saturated heterocycles. The number of hydrogen-bond donors (Lipinski definition) is 3. The van der Waals surface area contributed by atoms with E-state index in [-0.39, 0.29) is 53.7 Å². The molecule has 2 fully saturated rings. The summed E-state index contributed by atoms with van der Waals surface area (Å²) in [6.07, 6.45) is 2.44. The van der Waals surface area contributed by atoms with E-state index in [4.69, 9.17) is 0 Å². The maximum atomic E-state index is 13.4. The Labute approximate surface area is 217 Å². The summed E-state index contributed by atoms with van der Waals surface area (Å²) < 4.78 is 0. The number of thioether (sulfide) groups is 1. The molecule has 196 valence electrons. The van der Waals surface area contributed by atoms with Crippen molar-refractivity contribution in [2.24, 2.45) is 16.9 Å². The summed E-state index contributed by atoms with van der Waals surface area (Å²) in [5.74, 6) is -0.0361. The van der Waals surface area contributed by atoms with Crippen molar-refractivity contribution in [1.82, 2.24) is 20.5 Å². The number of anilines is 1. The highest BCUT2D eigenvalue weighted by molar-refractivity contribution is 8.14. The molecule has 0 bridgehead atoms. The van der Waals surface area contributed by atoms with E-state index in [2.05, 4.69) is 33.0 Å². The number of carbonyl (C=O) groups is 3. The molecule has 3 N–H and O–H groups in total. The minimum atomic E-state index is -0.379. The van der Waals surface area contributed by atoms with Gasteiger partial charge in [-0.05, 0) is 65.0 Å². The van der Waals surface area contributed by atoms with E-state index in [0.717, 1.165) is 23.2 Å². The van der Waals surface area contributed by atoms with Crippen LogP contribution in [0.5, 0.6) is 0 Å². The maximum absolute atomic E-state index is 13.4. The first-order chi connectivity index (χ1) is 17.2. The summed E-state index contributed by atoms with van der Waals surface area (Å²) in [6.45, 7) is 10.6. The first-order valence-corrected chi connectivity index (χ1v) is 13.9. The van der Waals surface area contributed by atoms with Crippen LogP contribution in [0.1, 0.15) is 57.6 Å². The summed E-state index contributed by atoms with van der Waals surface area (Å²) in [6, 6.07) is 5.89. The Balaban J connectivity index is 1.48. The zero-order chi connectivity index (χ0) is 26.0. The average molecular weight is 515 g/mol. The summed E-state index contributed by atoms with van der Waals surface area (Å²) in [7, 11) is 0. The normalized spacial score (nSPS) is 25.2. The van der Waals surface area contributed by atoms with Crippen LogP contribution in [0, 0.1) is 25.7 Å². The Morgan fingerprint density at radius 3 is 2.72 bits per heavy atom. The lowest BCUT2D eigenvalue weighted by molar-refractivity contribution is -0.157. The molecule has 0 radical (unpaired) electrons. The van der Waals surface area contributed by atoms with Crippen molar-refractivity contribution in [1.29, 1.82) is 0 Å². The highest BCUT2D eigenvalue weighted by atomic mass is 32.2. The lowest BCUT2D eigenvalue weighted by Gasteiger charge is -2.51. The number of amides is 3. The number of hydrogen-bond acceptors (Lipinski definition) is 7. The number of nitrogens with one attached hydrogen (secondary N) is 3. The van der Waals surface area contributed by atoms with Crippen LogP contribution < -0.4 is 16.1 Å². The predicted molar refractivity (Wildman–Crippen MR) is 143 cm³/mol. The second-order valence-corrected chi connectivity index (χ2v) is 11.3. The smallest absolute Gasteiger partial charge is 0.234 e. The van der Waals surface area contributed by atoms with Crippen LogP contribution >= 0.6 is 11.8 Å². The number of aryl methyl sites for hydroxylation is 2. The summed E-state index contributed by atoms with van der Waals surface area (Å²) in [5, 5.41) is 11.3. The SMILES string of the molecule is CCCN1C(=O)C2CCC(C(=O)NC(C)C)CC2N2C(SCC(=O)Nc3ccc(C)cc3C)=NNC12. The fraction of sp³-hybridized carbons (Fsp3) is 0.615. The summed E-state index contributed by atoms with van der Waals surface area (Å²) in [5.41, 5.74) is 6.11. The van der Waals surface area contributed by atoms with Crippen LogP contribution in [0.15, 0.2) is 23.3 Å². The molecular formula is C26H38N6O3S. The molecule has 1 aliphatic carbocycles. The maximum Gasteiger partial charge on any atom is 0.234 e. The second-order valence-electron chi connectivity index (χ2n) is 10.3. The van der Waals surface area contributed by atoms with Gasteiger partial charge in [0.2, 0.25) is 17.7 Å². The Bertz CT molecular complexity index is 1040. The van der Waals surface area contributed by atoms with E-state index in [1.54, 1.807) is 0 Å². The lowest BCUT2D eigenvalue weighted by atomic mass is 9.75. The summed E-state index contributed by atoms with van der Waals surface area (Å²) >= 11 is 1.37. The molecule has 3 aliphatic rings. The molecule has 4 rings (SSSR count). The van der Waals surface area contributed by atoms with Gasteiger partial charge in [0.25, 0.3) is 0 Å². The molecule has 3 amide bonds. The third kappa shape index (κ3) is 5.48. The monoisotopic (exact) mass is 514 g/mol. The molecule has 2 aliphatic heterocycles. The molecule has 4 atom stereocenters. The van der Waals surface area contributed by atoms with E-state index >= 15 is 0 Å². The Morgan fingerprint density at radius 2 is 2.03 bits per heavy atom. The third-order valence-electron chi connectivity index (χ3n) is 7.08. The molecule has 1 saturated carbocycles. The first-order valence-electron chi connectivity index (χ1n) is 12.9. The molecule has 1 aromatic carbocycles. The molecular weight excluding hydrogens is 476 g/mol. The Kier molecular flexibility index (Phi) is 8.12. The van der Waals surface area contributed by atoms with E-state index in [0.29, 0.717) is 31.0 Å². The molecule has 4 unspecified atom stereocenters. The first kappa shape index (κ1) is 26.3. The average Bonchev–Trinajstić information content (AvgIpc) is 3.25. The van der Waals surface area contributed by atoms with Crippen LogP contribution in [0.2, 0.25) is 0 Å². The van der Waals surface area contributed by atoms with Crippen LogP contribution in [0.3, 0.4) is 0 Å². The van der Waals surface area contributed by atoms with E-state index in [9.17, 15) is 14.4 Å². The van der Waals surface area contributed by atoms with Crippen molar-refractivity contribution in [2.75, 3.05) is 17.6 Å². The van der Waals surface area contributed by atoms with Crippen molar-refractivity contribution < 1.29 is 14.4 Å². The van der Waals surface area contributed by atoms with Crippen LogP contribution in [-0.2, 0) is 14.4 Å². The van der Waals surface area contributed by atoms with E-state index in [1.165, 1.54) is 11.8 Å². The van der Waals surface area contributed by atoms with Crippen LogP contribution in [0.25, 0.3) is 0 Å². The molecule has 0 aromatic heterocycles. The van der Waals surface area contributed by atoms with Gasteiger partial charge in [0.1, 0.15) is 0 Å². The minimum Gasteiger partial charge on any atom is -0.354 e. The Hall–Kier alpha value is -2.75. The van der Waals surface area contributed by atoms with Gasteiger partial charge in [-0.15, -0.1) is 0 Å². The van der Waals surface area contributed by atoms with Crippen molar-refractivity contribution >= 4 is 40.3 Å². The van der Waals surface area contributed by atoms with Gasteiger partial charge in [0.05, 0.1) is 11.7 Å². The van der Waals surface area contributed by atoms with Gasteiger partial charge in [0, 0.05) is 30.2 Å². The van der Waals surface area contributed by atoms with Gasteiger partial charge in [-0.25, -0.2) is 0 Å². The molecule has 2 heterocycles. The van der Waals surface area contributed by atoms with Crippen molar-refractivity contribution in [2.45, 2.75) is 78.7 Å². The fourth-order valence-electron chi connectivity index (χ4n) is 5.45. The second kappa shape index (κ2) is 11.1. The number of nitrogens with zero attached hydrogens (tertiary/aromatic N) is 3. The van der Waals surface area contributed by atoms with Crippen molar-refractivity contribution in [3.05, 3.63) is 29.3 Å². The Morgan fingerprint density at radius 1 is 1.25 bits per heavy atom. The largest absolute Gasteiger partial charge is 0.354 e. The standard InChI is InChI=1S/C26H38N6O3S/c1-6-11-31-24(35)19-9-8-18(23(34)27-15(2)3)13-21(19)32-25(31)29-30-26(32)36-14-22(33)28-20-10-7-16(4)12-17(20)5/h7,10,12,15,18-19,21,25,29H,6,8-9,11,13-14H2,1-5H3,(H,27,34)(H,28,33).